The molecule has 2 unspecified atom stereocenters. The Morgan fingerprint density at radius 1 is 1.38 bits per heavy atom. The topological polar surface area (TPSA) is 40.6 Å². The zero-order valence-corrected chi connectivity index (χ0v) is 10.1. The summed E-state index contributed by atoms with van der Waals surface area (Å²) >= 11 is 0. The van der Waals surface area contributed by atoms with E-state index in [1.807, 2.05) is 0 Å². The molecular weight excluding hydrogens is 204 g/mol. The maximum atomic E-state index is 12.1. The van der Waals surface area contributed by atoms with Crippen LogP contribution in [-0.2, 0) is 4.79 Å². The van der Waals surface area contributed by atoms with Gasteiger partial charge in [0.2, 0.25) is 0 Å². The fraction of sp³-hybridized carbons (Fsp3) is 0.833. The predicted molar refractivity (Wildman–Crippen MR) is 60.9 cm³/mol. The second-order valence-electron chi connectivity index (χ2n) is 4.88. The van der Waals surface area contributed by atoms with Gasteiger partial charge in [0.25, 0.3) is 5.91 Å². The summed E-state index contributed by atoms with van der Waals surface area (Å²) in [7, 11) is 0. The molecular formula is C12H20N2O2. The lowest BCUT2D eigenvalue weighted by Gasteiger charge is -2.31. The summed E-state index contributed by atoms with van der Waals surface area (Å²) < 4.78 is 0. The number of carbonyl (C=O) groups excluding carboxylic acids is 2. The molecule has 4 heteroatoms. The van der Waals surface area contributed by atoms with E-state index in [4.69, 9.17) is 0 Å². The van der Waals surface area contributed by atoms with E-state index in [0.717, 1.165) is 32.2 Å². The predicted octanol–water partition coefficient (Wildman–Crippen LogP) is 1.85. The Labute approximate surface area is 96.6 Å². The largest absolute Gasteiger partial charge is 0.327 e. The third-order valence-corrected chi connectivity index (χ3v) is 3.66. The number of urea groups is 1. The molecule has 16 heavy (non-hydrogen) atoms. The highest BCUT2D eigenvalue weighted by molar-refractivity contribution is 6.04. The van der Waals surface area contributed by atoms with E-state index < -0.39 is 0 Å². The highest BCUT2D eigenvalue weighted by atomic mass is 16.2. The van der Waals surface area contributed by atoms with Crippen molar-refractivity contribution in [2.24, 2.45) is 5.92 Å². The minimum atomic E-state index is -0.168. The molecule has 2 fully saturated rings. The Balaban J connectivity index is 2.13. The van der Waals surface area contributed by atoms with E-state index in [-0.39, 0.29) is 18.0 Å². The van der Waals surface area contributed by atoms with Crippen LogP contribution in [0.4, 0.5) is 4.79 Å². The lowest BCUT2D eigenvalue weighted by Crippen LogP contribution is -2.44. The molecule has 2 heterocycles. The average molecular weight is 224 g/mol. The first-order chi connectivity index (χ1) is 7.66. The number of rotatable bonds is 3. The third-order valence-electron chi connectivity index (χ3n) is 3.66. The van der Waals surface area contributed by atoms with Gasteiger partial charge in [-0.05, 0) is 25.2 Å². The molecule has 2 rings (SSSR count). The number of fused-ring (bicyclic) bond motifs is 1. The van der Waals surface area contributed by atoms with Gasteiger partial charge in [-0.25, -0.2) is 4.79 Å². The summed E-state index contributed by atoms with van der Waals surface area (Å²) in [6.07, 6.45) is 4.00. The normalized spacial score (nSPS) is 29.9. The van der Waals surface area contributed by atoms with E-state index in [1.54, 1.807) is 4.90 Å². The fourth-order valence-electron chi connectivity index (χ4n) is 2.71. The summed E-state index contributed by atoms with van der Waals surface area (Å²) in [6.45, 7) is 5.49. The highest BCUT2D eigenvalue weighted by Crippen LogP contribution is 2.30. The van der Waals surface area contributed by atoms with Crippen molar-refractivity contribution < 1.29 is 9.59 Å². The van der Waals surface area contributed by atoms with Gasteiger partial charge >= 0.3 is 6.03 Å². The molecule has 0 saturated carbocycles. The van der Waals surface area contributed by atoms with E-state index >= 15 is 0 Å². The fourth-order valence-corrected chi connectivity index (χ4v) is 2.71. The summed E-state index contributed by atoms with van der Waals surface area (Å²) in [6, 6.07) is -0.229. The molecule has 0 N–H and O–H groups in total. The Morgan fingerprint density at radius 2 is 2.12 bits per heavy atom. The maximum Gasteiger partial charge on any atom is 0.327 e. The average Bonchev–Trinajstić information content (AvgIpc) is 2.51. The van der Waals surface area contributed by atoms with E-state index in [9.17, 15) is 9.59 Å². The molecule has 0 aromatic rings. The first-order valence-electron chi connectivity index (χ1n) is 6.28. The molecule has 3 amide bonds. The van der Waals surface area contributed by atoms with Crippen molar-refractivity contribution in [2.75, 3.05) is 13.1 Å². The minimum Gasteiger partial charge on any atom is -0.312 e. The van der Waals surface area contributed by atoms with Crippen molar-refractivity contribution in [3.8, 4) is 0 Å². The summed E-state index contributed by atoms with van der Waals surface area (Å²) in [4.78, 5) is 27.4. The van der Waals surface area contributed by atoms with Crippen LogP contribution in [0.15, 0.2) is 0 Å². The van der Waals surface area contributed by atoms with E-state index in [2.05, 4.69) is 13.8 Å². The van der Waals surface area contributed by atoms with Gasteiger partial charge in [0.15, 0.2) is 0 Å². The number of carbonyl (C=O) groups is 2. The molecule has 0 spiro atoms. The Bertz CT molecular complexity index is 303. The number of piperidine rings is 1. The van der Waals surface area contributed by atoms with Crippen molar-refractivity contribution in [2.45, 2.75) is 45.6 Å². The first-order valence-corrected chi connectivity index (χ1v) is 6.28. The van der Waals surface area contributed by atoms with Crippen molar-refractivity contribution in [1.82, 2.24) is 9.80 Å². The SMILES string of the molecule is CCCCN1C(=O)C2C(C)CCCN2C1=O. The van der Waals surface area contributed by atoms with Crippen LogP contribution in [-0.4, -0.2) is 40.9 Å². The van der Waals surface area contributed by atoms with Crippen LogP contribution in [0, 0.1) is 5.92 Å². The number of nitrogens with zero attached hydrogens (tertiary/aromatic N) is 2. The van der Waals surface area contributed by atoms with E-state index in [0.29, 0.717) is 12.5 Å². The Kier molecular flexibility index (Phi) is 3.17. The van der Waals surface area contributed by atoms with Gasteiger partial charge in [0, 0.05) is 13.1 Å². The lowest BCUT2D eigenvalue weighted by atomic mass is 9.91. The zero-order chi connectivity index (χ0) is 11.7. The van der Waals surface area contributed by atoms with Crippen molar-refractivity contribution in [3.05, 3.63) is 0 Å². The molecule has 0 bridgehead atoms. The number of hydrogen-bond donors (Lipinski definition) is 0. The molecule has 2 saturated heterocycles. The number of amides is 3. The molecule has 2 aliphatic rings. The van der Waals surface area contributed by atoms with Gasteiger partial charge in [-0.1, -0.05) is 20.3 Å². The number of unbranched alkanes of at least 4 members (excludes halogenated alkanes) is 1. The van der Waals surface area contributed by atoms with Gasteiger partial charge < -0.3 is 4.90 Å². The van der Waals surface area contributed by atoms with Gasteiger partial charge in [-0.15, -0.1) is 0 Å². The van der Waals surface area contributed by atoms with Gasteiger partial charge in [-0.3, -0.25) is 9.69 Å². The van der Waals surface area contributed by atoms with Crippen LogP contribution in [0.2, 0.25) is 0 Å². The van der Waals surface area contributed by atoms with Crippen LogP contribution in [0.5, 0.6) is 0 Å². The van der Waals surface area contributed by atoms with Crippen LogP contribution < -0.4 is 0 Å². The second-order valence-corrected chi connectivity index (χ2v) is 4.88. The third kappa shape index (κ3) is 1.70. The Hall–Kier alpha value is -1.06. The van der Waals surface area contributed by atoms with Crippen LogP contribution in [0.3, 0.4) is 0 Å². The highest BCUT2D eigenvalue weighted by Gasteiger charge is 2.48. The molecule has 4 nitrogen and oxygen atoms in total. The first kappa shape index (κ1) is 11.4. The molecule has 2 atom stereocenters. The Morgan fingerprint density at radius 3 is 2.75 bits per heavy atom. The number of hydrogen-bond acceptors (Lipinski definition) is 2. The van der Waals surface area contributed by atoms with Gasteiger partial charge in [-0.2, -0.15) is 0 Å². The van der Waals surface area contributed by atoms with Crippen LogP contribution in [0.1, 0.15) is 39.5 Å². The van der Waals surface area contributed by atoms with Gasteiger partial charge in [0.05, 0.1) is 0 Å². The monoisotopic (exact) mass is 224 g/mol. The number of imide groups is 1. The molecule has 90 valence electrons. The standard InChI is InChI=1S/C12H20N2O2/c1-3-4-7-14-11(15)10-9(2)6-5-8-13(10)12(14)16/h9-10H,3-8H2,1-2H3. The molecule has 0 aliphatic carbocycles. The quantitative estimate of drug-likeness (QED) is 0.686. The van der Waals surface area contributed by atoms with Crippen molar-refractivity contribution in [3.63, 3.8) is 0 Å². The van der Waals surface area contributed by atoms with Gasteiger partial charge in [0.1, 0.15) is 6.04 Å². The molecule has 0 radical (unpaired) electrons. The maximum absolute atomic E-state index is 12.1. The summed E-state index contributed by atoms with van der Waals surface area (Å²) in [5.41, 5.74) is 0. The van der Waals surface area contributed by atoms with Crippen LogP contribution in [0.25, 0.3) is 0 Å². The second kappa shape index (κ2) is 4.44. The minimum absolute atomic E-state index is 0.0330. The molecule has 0 aromatic heterocycles. The molecule has 0 aromatic carbocycles. The zero-order valence-electron chi connectivity index (χ0n) is 10.1. The summed E-state index contributed by atoms with van der Waals surface area (Å²) in [5, 5.41) is 0. The van der Waals surface area contributed by atoms with Crippen molar-refractivity contribution in [1.29, 1.82) is 0 Å². The summed E-state index contributed by atoms with van der Waals surface area (Å²) in [5.74, 6) is 0.350. The van der Waals surface area contributed by atoms with Crippen LogP contribution >= 0.6 is 0 Å². The molecule has 2 aliphatic heterocycles. The van der Waals surface area contributed by atoms with Crippen molar-refractivity contribution >= 4 is 11.9 Å². The smallest absolute Gasteiger partial charge is 0.312 e. The lowest BCUT2D eigenvalue weighted by molar-refractivity contribution is -0.130. The van der Waals surface area contributed by atoms with E-state index in [1.165, 1.54) is 4.90 Å².